The summed E-state index contributed by atoms with van der Waals surface area (Å²) in [4.78, 5) is 32.8. The van der Waals surface area contributed by atoms with Gasteiger partial charge in [-0.25, -0.2) is 9.97 Å². The highest BCUT2D eigenvalue weighted by Crippen LogP contribution is 2.25. The number of anilines is 3. The molecule has 1 aromatic heterocycles. The fourth-order valence-electron chi connectivity index (χ4n) is 3.38. The summed E-state index contributed by atoms with van der Waals surface area (Å²) < 4.78 is 28.9. The Hall–Kier alpha value is -3.92. The third kappa shape index (κ3) is 5.47. The maximum absolute atomic E-state index is 12.4. The number of alkyl halides is 2. The monoisotopic (exact) mass is 453 g/mol. The number of nitrogens with zero attached hydrogens (tertiary/aromatic N) is 2. The molecule has 33 heavy (non-hydrogen) atoms. The topological polar surface area (TPSA) is 105 Å². The molecule has 3 aromatic rings. The third-order valence-electron chi connectivity index (χ3n) is 5.12. The predicted octanol–water partition coefficient (Wildman–Crippen LogP) is 3.67. The number of carbonyl (C=O) groups excluding carboxylic acids is 2. The van der Waals surface area contributed by atoms with E-state index in [0.29, 0.717) is 35.9 Å². The molecule has 2 heterocycles. The quantitative estimate of drug-likeness (QED) is 0.469. The van der Waals surface area contributed by atoms with Gasteiger partial charge in [0.05, 0.1) is 0 Å². The molecule has 4 rings (SSSR count). The highest BCUT2D eigenvalue weighted by Gasteiger charge is 2.30. The first kappa shape index (κ1) is 22.3. The Labute approximate surface area is 188 Å². The Morgan fingerprint density at radius 2 is 1.85 bits per heavy atom. The lowest BCUT2D eigenvalue weighted by atomic mass is 10.1. The van der Waals surface area contributed by atoms with E-state index in [9.17, 15) is 18.4 Å². The molecule has 1 amide bonds. The maximum Gasteiger partial charge on any atom is 0.387 e. The van der Waals surface area contributed by atoms with Crippen LogP contribution >= 0.6 is 0 Å². The minimum atomic E-state index is -2.87. The number of aryl methyl sites for hydroxylation is 1. The lowest BCUT2D eigenvalue weighted by Crippen LogP contribution is -2.40. The van der Waals surface area contributed by atoms with Crippen LogP contribution in [0.1, 0.15) is 12.0 Å². The Kier molecular flexibility index (Phi) is 6.55. The second kappa shape index (κ2) is 9.70. The molecular formula is C23H21F2N5O3. The number of carbonyl (C=O) groups is 2. The lowest BCUT2D eigenvalue weighted by Gasteiger charge is -2.14. The number of ether oxygens (including phenoxy) is 1. The fourth-order valence-corrected chi connectivity index (χ4v) is 3.38. The highest BCUT2D eigenvalue weighted by molar-refractivity contribution is 6.12. The van der Waals surface area contributed by atoms with Gasteiger partial charge in [0, 0.05) is 42.3 Å². The minimum Gasteiger partial charge on any atom is -0.435 e. The van der Waals surface area contributed by atoms with Crippen LogP contribution in [-0.4, -0.2) is 40.9 Å². The zero-order valence-corrected chi connectivity index (χ0v) is 17.6. The average molecular weight is 453 g/mol. The first-order chi connectivity index (χ1) is 15.9. The molecule has 8 nitrogen and oxygen atoms in total. The molecule has 1 saturated heterocycles. The van der Waals surface area contributed by atoms with E-state index in [0.717, 1.165) is 11.1 Å². The number of nitrogens with one attached hydrogen (secondary N) is 3. The molecule has 1 aliphatic heterocycles. The van der Waals surface area contributed by atoms with Crippen LogP contribution in [0.4, 0.5) is 26.1 Å². The van der Waals surface area contributed by atoms with Crippen molar-refractivity contribution in [1.29, 1.82) is 0 Å². The Morgan fingerprint density at radius 1 is 1.12 bits per heavy atom. The summed E-state index contributed by atoms with van der Waals surface area (Å²) in [6.45, 7) is -0.521. The van der Waals surface area contributed by atoms with Crippen LogP contribution in [-0.2, 0) is 9.59 Å². The van der Waals surface area contributed by atoms with E-state index in [1.54, 1.807) is 30.6 Å². The van der Waals surface area contributed by atoms with Crippen LogP contribution in [0.3, 0.4) is 0 Å². The van der Waals surface area contributed by atoms with Gasteiger partial charge >= 0.3 is 6.61 Å². The molecule has 3 N–H and O–H groups in total. The van der Waals surface area contributed by atoms with Gasteiger partial charge in [-0.15, -0.1) is 0 Å². The van der Waals surface area contributed by atoms with Gasteiger partial charge in [-0.2, -0.15) is 8.78 Å². The normalized spacial score (nSPS) is 15.5. The molecule has 170 valence electrons. The summed E-state index contributed by atoms with van der Waals surface area (Å²) in [5.74, 6) is -0.0964. The van der Waals surface area contributed by atoms with Crippen LogP contribution in [0.15, 0.2) is 54.9 Å². The van der Waals surface area contributed by atoms with Crippen LogP contribution in [0.2, 0.25) is 0 Å². The summed E-state index contributed by atoms with van der Waals surface area (Å²) in [5.41, 5.74) is 3.53. The molecule has 0 radical (unpaired) electrons. The highest BCUT2D eigenvalue weighted by atomic mass is 19.3. The zero-order valence-electron chi connectivity index (χ0n) is 17.6. The maximum atomic E-state index is 12.4. The van der Waals surface area contributed by atoms with E-state index in [2.05, 4.69) is 30.7 Å². The van der Waals surface area contributed by atoms with Crippen LogP contribution in [0, 0.1) is 6.92 Å². The number of benzene rings is 2. The number of hydrogen-bond donors (Lipinski definition) is 3. The second-order valence-electron chi connectivity index (χ2n) is 7.45. The molecular weight excluding hydrogens is 432 g/mol. The molecule has 1 atom stereocenters. The molecule has 0 spiro atoms. The Bertz CT molecular complexity index is 1150. The third-order valence-corrected chi connectivity index (χ3v) is 5.12. The van der Waals surface area contributed by atoms with Gasteiger partial charge < -0.3 is 15.4 Å². The number of aromatic nitrogens is 2. The molecule has 2 aromatic carbocycles. The van der Waals surface area contributed by atoms with Gasteiger partial charge in [0.1, 0.15) is 11.8 Å². The standard InChI is InChI=1S/C23H21F2N5O3/c1-13-2-5-16(10-18(13)30-21(32)20-19(31)8-9-26-20)29-23-27-11-15(12-28-23)14-3-6-17(7-4-14)33-22(24)25/h2-7,10-12,20,22,26H,8-9H2,1H3,(H,30,32)(H,27,28,29)/t20-/m1/s1. The van der Waals surface area contributed by atoms with Crippen LogP contribution in [0.25, 0.3) is 11.1 Å². The molecule has 0 saturated carbocycles. The summed E-state index contributed by atoms with van der Waals surface area (Å²) in [6.07, 6.45) is 3.55. The summed E-state index contributed by atoms with van der Waals surface area (Å²) >= 11 is 0. The van der Waals surface area contributed by atoms with Crippen molar-refractivity contribution in [3.63, 3.8) is 0 Å². The summed E-state index contributed by atoms with van der Waals surface area (Å²) in [6, 6.07) is 10.8. The van der Waals surface area contributed by atoms with Gasteiger partial charge in [-0.3, -0.25) is 14.9 Å². The van der Waals surface area contributed by atoms with Crippen molar-refractivity contribution in [2.45, 2.75) is 26.0 Å². The summed E-state index contributed by atoms with van der Waals surface area (Å²) in [7, 11) is 0. The average Bonchev–Trinajstić information content (AvgIpc) is 3.23. The number of rotatable bonds is 7. The SMILES string of the molecule is Cc1ccc(Nc2ncc(-c3ccc(OC(F)F)cc3)cn2)cc1NC(=O)[C@@H]1NCCC1=O. The molecule has 1 fully saturated rings. The smallest absolute Gasteiger partial charge is 0.387 e. The molecule has 0 bridgehead atoms. The summed E-state index contributed by atoms with van der Waals surface area (Å²) in [5, 5.41) is 8.76. The van der Waals surface area contributed by atoms with Crippen molar-refractivity contribution < 1.29 is 23.1 Å². The van der Waals surface area contributed by atoms with Gasteiger partial charge in [-0.1, -0.05) is 18.2 Å². The van der Waals surface area contributed by atoms with E-state index in [1.807, 2.05) is 19.1 Å². The number of hydrogen-bond acceptors (Lipinski definition) is 7. The van der Waals surface area contributed by atoms with Gasteiger partial charge in [-0.05, 0) is 42.3 Å². The van der Waals surface area contributed by atoms with Crippen molar-refractivity contribution in [1.82, 2.24) is 15.3 Å². The van der Waals surface area contributed by atoms with E-state index in [1.165, 1.54) is 12.1 Å². The first-order valence-electron chi connectivity index (χ1n) is 10.2. The predicted molar refractivity (Wildman–Crippen MR) is 119 cm³/mol. The van der Waals surface area contributed by atoms with Gasteiger partial charge in [0.15, 0.2) is 5.78 Å². The van der Waals surface area contributed by atoms with Crippen molar-refractivity contribution in [2.75, 3.05) is 17.2 Å². The zero-order chi connectivity index (χ0) is 23.4. The van der Waals surface area contributed by atoms with Gasteiger partial charge in [0.2, 0.25) is 11.9 Å². The fraction of sp³-hybridized carbons (Fsp3) is 0.217. The lowest BCUT2D eigenvalue weighted by molar-refractivity contribution is -0.126. The number of halogens is 2. The van der Waals surface area contributed by atoms with Crippen molar-refractivity contribution in [3.05, 3.63) is 60.4 Å². The Balaban J connectivity index is 1.43. The van der Waals surface area contributed by atoms with Gasteiger partial charge in [0.25, 0.3) is 0 Å². The van der Waals surface area contributed by atoms with E-state index < -0.39 is 12.7 Å². The minimum absolute atomic E-state index is 0.0725. The molecule has 0 aliphatic carbocycles. The number of Topliss-reactive ketones (excluding diaryl/α,β-unsaturated/α-hetero) is 1. The van der Waals surface area contributed by atoms with Crippen molar-refractivity contribution in [3.8, 4) is 16.9 Å². The second-order valence-corrected chi connectivity index (χ2v) is 7.45. The van der Waals surface area contributed by atoms with Crippen LogP contribution in [0.5, 0.6) is 5.75 Å². The van der Waals surface area contributed by atoms with Crippen LogP contribution < -0.4 is 20.7 Å². The van der Waals surface area contributed by atoms with Crippen molar-refractivity contribution in [2.24, 2.45) is 0 Å². The van der Waals surface area contributed by atoms with E-state index in [4.69, 9.17) is 0 Å². The van der Waals surface area contributed by atoms with E-state index >= 15 is 0 Å². The first-order valence-corrected chi connectivity index (χ1v) is 10.2. The largest absolute Gasteiger partial charge is 0.435 e. The molecule has 10 heteroatoms. The number of amides is 1. The van der Waals surface area contributed by atoms with E-state index in [-0.39, 0.29) is 17.4 Å². The molecule has 1 aliphatic rings. The Morgan fingerprint density at radius 3 is 2.48 bits per heavy atom. The van der Waals surface area contributed by atoms with Crippen molar-refractivity contribution >= 4 is 29.0 Å². The number of ketones is 1. The molecule has 0 unspecified atom stereocenters.